The molecule has 8 nitrogen and oxygen atoms in total. The smallest absolute Gasteiger partial charge is 0.264 e. The molecule has 0 bridgehead atoms. The Bertz CT molecular complexity index is 1360. The molecule has 1 atom stereocenters. The van der Waals surface area contributed by atoms with Gasteiger partial charge in [-0.05, 0) is 63.2 Å². The number of rotatable bonds is 11. The molecule has 3 aromatic carbocycles. The molecule has 202 valence electrons. The van der Waals surface area contributed by atoms with Gasteiger partial charge in [0.2, 0.25) is 11.8 Å². The molecule has 3 aromatic rings. The fourth-order valence-electron chi connectivity index (χ4n) is 3.84. The molecule has 38 heavy (non-hydrogen) atoms. The van der Waals surface area contributed by atoms with Gasteiger partial charge in [-0.15, -0.1) is 0 Å². The molecule has 0 saturated carbocycles. The summed E-state index contributed by atoms with van der Waals surface area (Å²) in [4.78, 5) is 27.4. The van der Waals surface area contributed by atoms with Crippen molar-refractivity contribution in [2.45, 2.75) is 38.3 Å². The second-order valence-electron chi connectivity index (χ2n) is 8.65. The van der Waals surface area contributed by atoms with Gasteiger partial charge in [-0.25, -0.2) is 12.8 Å². The van der Waals surface area contributed by atoms with Gasteiger partial charge in [0.15, 0.2) is 0 Å². The van der Waals surface area contributed by atoms with Crippen molar-refractivity contribution in [3.8, 4) is 5.75 Å². The number of carbonyl (C=O) groups is 2. The lowest BCUT2D eigenvalue weighted by atomic mass is 10.1. The van der Waals surface area contributed by atoms with Gasteiger partial charge in [-0.1, -0.05) is 35.9 Å². The van der Waals surface area contributed by atoms with E-state index >= 15 is 0 Å². The fraction of sp³-hybridized carbons (Fsp3) is 0.286. The van der Waals surface area contributed by atoms with Crippen molar-refractivity contribution in [3.63, 3.8) is 0 Å². The summed E-state index contributed by atoms with van der Waals surface area (Å²) in [6.07, 6.45) is 0. The number of nitrogens with one attached hydrogen (secondary N) is 1. The molecule has 3 rings (SSSR count). The zero-order chi connectivity index (χ0) is 27.9. The maximum absolute atomic E-state index is 14.5. The van der Waals surface area contributed by atoms with Gasteiger partial charge < -0.3 is 15.0 Å². The van der Waals surface area contributed by atoms with Gasteiger partial charge in [-0.2, -0.15) is 0 Å². The Morgan fingerprint density at radius 1 is 1.00 bits per heavy atom. The minimum absolute atomic E-state index is 0.00443. The molecule has 1 N–H and O–H groups in total. The SMILES string of the molecule is CCOc1ccc(N(CC(=O)N(Cc2ccccc2F)[C@H](C)C(=O)NC)S(=O)(=O)c2ccc(C)cc2)cc1. The van der Waals surface area contributed by atoms with Gasteiger partial charge >= 0.3 is 0 Å². The third-order valence-electron chi connectivity index (χ3n) is 6.04. The lowest BCUT2D eigenvalue weighted by Gasteiger charge is -2.32. The third-order valence-corrected chi connectivity index (χ3v) is 7.82. The predicted molar refractivity (Wildman–Crippen MR) is 144 cm³/mol. The van der Waals surface area contributed by atoms with Crippen LogP contribution in [0.3, 0.4) is 0 Å². The molecular weight excluding hydrogens is 509 g/mol. The number of ether oxygens (including phenoxy) is 1. The molecule has 0 heterocycles. The largest absolute Gasteiger partial charge is 0.494 e. The molecule has 0 radical (unpaired) electrons. The predicted octanol–water partition coefficient (Wildman–Crippen LogP) is 3.89. The maximum atomic E-state index is 14.5. The van der Waals surface area contributed by atoms with Crippen LogP contribution in [-0.4, -0.2) is 51.4 Å². The van der Waals surface area contributed by atoms with Crippen molar-refractivity contribution in [1.29, 1.82) is 0 Å². The summed E-state index contributed by atoms with van der Waals surface area (Å²) in [5.41, 5.74) is 1.31. The molecule has 10 heteroatoms. The van der Waals surface area contributed by atoms with Crippen molar-refractivity contribution in [3.05, 3.63) is 89.7 Å². The number of halogens is 1. The summed E-state index contributed by atoms with van der Waals surface area (Å²) in [5.74, 6) is -1.13. The summed E-state index contributed by atoms with van der Waals surface area (Å²) in [6.45, 7) is 4.78. The van der Waals surface area contributed by atoms with E-state index in [1.165, 1.54) is 49.2 Å². The van der Waals surface area contributed by atoms with E-state index < -0.39 is 40.2 Å². The van der Waals surface area contributed by atoms with Crippen LogP contribution in [0.5, 0.6) is 5.75 Å². The molecule has 0 aliphatic carbocycles. The molecular formula is C28H32FN3O5S. The Kier molecular flexibility index (Phi) is 9.46. The van der Waals surface area contributed by atoms with Gasteiger partial charge in [0.25, 0.3) is 10.0 Å². The highest BCUT2D eigenvalue weighted by molar-refractivity contribution is 7.92. The van der Waals surface area contributed by atoms with Gasteiger partial charge in [-0.3, -0.25) is 13.9 Å². The molecule has 0 unspecified atom stereocenters. The fourth-order valence-corrected chi connectivity index (χ4v) is 5.26. The summed E-state index contributed by atoms with van der Waals surface area (Å²) in [6, 6.07) is 17.5. The first kappa shape index (κ1) is 28.6. The zero-order valence-electron chi connectivity index (χ0n) is 21.8. The zero-order valence-corrected chi connectivity index (χ0v) is 22.7. The van der Waals surface area contributed by atoms with Crippen LogP contribution in [0.2, 0.25) is 0 Å². The number of sulfonamides is 1. The van der Waals surface area contributed by atoms with Gasteiger partial charge in [0.1, 0.15) is 24.2 Å². The molecule has 0 saturated heterocycles. The molecule has 0 fully saturated rings. The molecule has 0 spiro atoms. The normalized spacial score (nSPS) is 11.9. The van der Waals surface area contributed by atoms with E-state index in [0.717, 1.165) is 9.87 Å². The van der Waals surface area contributed by atoms with Crippen LogP contribution in [0.25, 0.3) is 0 Å². The number of likely N-dealkylation sites (N-methyl/N-ethyl adjacent to an activating group) is 1. The van der Waals surface area contributed by atoms with E-state index in [1.807, 2.05) is 13.8 Å². The van der Waals surface area contributed by atoms with Gasteiger partial charge in [0.05, 0.1) is 17.2 Å². The average molecular weight is 542 g/mol. The summed E-state index contributed by atoms with van der Waals surface area (Å²) in [5, 5.41) is 2.49. The standard InChI is InChI=1S/C28H32FN3O5S/c1-5-37-24-14-12-23(13-15-24)32(38(35,36)25-16-10-20(2)11-17-25)19-27(33)31(21(3)28(34)30-4)18-22-8-6-7-9-26(22)29/h6-17,21H,5,18-19H2,1-4H3,(H,30,34)/t21-/m1/s1. The highest BCUT2D eigenvalue weighted by atomic mass is 32.2. The number of hydrogen-bond donors (Lipinski definition) is 1. The Labute approximate surface area is 223 Å². The maximum Gasteiger partial charge on any atom is 0.264 e. The Balaban J connectivity index is 2.04. The summed E-state index contributed by atoms with van der Waals surface area (Å²) >= 11 is 0. The van der Waals surface area contributed by atoms with E-state index in [4.69, 9.17) is 4.74 Å². The quantitative estimate of drug-likeness (QED) is 0.397. The second kappa shape index (κ2) is 12.6. The lowest BCUT2D eigenvalue weighted by molar-refractivity contribution is -0.139. The monoisotopic (exact) mass is 541 g/mol. The van der Waals surface area contributed by atoms with E-state index in [1.54, 1.807) is 42.5 Å². The number of benzene rings is 3. The number of nitrogens with zero attached hydrogens (tertiary/aromatic N) is 2. The minimum atomic E-state index is -4.19. The first-order chi connectivity index (χ1) is 18.1. The topological polar surface area (TPSA) is 96.0 Å². The first-order valence-corrected chi connectivity index (χ1v) is 13.6. The highest BCUT2D eigenvalue weighted by Gasteiger charge is 2.32. The number of amides is 2. The van der Waals surface area contributed by atoms with Crippen LogP contribution in [0.15, 0.2) is 77.7 Å². The van der Waals surface area contributed by atoms with E-state index in [-0.39, 0.29) is 22.7 Å². The molecule has 0 aliphatic rings. The van der Waals surface area contributed by atoms with Crippen LogP contribution in [-0.2, 0) is 26.2 Å². The van der Waals surface area contributed by atoms with Crippen molar-refractivity contribution in [2.24, 2.45) is 0 Å². The Morgan fingerprint density at radius 3 is 2.21 bits per heavy atom. The van der Waals surface area contributed by atoms with Crippen LogP contribution in [0.1, 0.15) is 25.0 Å². The molecule has 0 aliphatic heterocycles. The van der Waals surface area contributed by atoms with Crippen LogP contribution < -0.4 is 14.4 Å². The number of anilines is 1. The first-order valence-electron chi connectivity index (χ1n) is 12.1. The van der Waals surface area contributed by atoms with Crippen LogP contribution in [0.4, 0.5) is 10.1 Å². The van der Waals surface area contributed by atoms with Crippen molar-refractivity contribution >= 4 is 27.5 Å². The van der Waals surface area contributed by atoms with Crippen LogP contribution >= 0.6 is 0 Å². The number of carbonyl (C=O) groups excluding carboxylic acids is 2. The molecule has 2 amide bonds. The average Bonchev–Trinajstić information content (AvgIpc) is 2.91. The van der Waals surface area contributed by atoms with Crippen molar-refractivity contribution in [1.82, 2.24) is 10.2 Å². The third kappa shape index (κ3) is 6.69. The lowest BCUT2D eigenvalue weighted by Crippen LogP contribution is -2.50. The Hall–Kier alpha value is -3.92. The Morgan fingerprint density at radius 2 is 1.63 bits per heavy atom. The van der Waals surface area contributed by atoms with Crippen molar-refractivity contribution < 1.29 is 27.1 Å². The second-order valence-corrected chi connectivity index (χ2v) is 10.5. The highest BCUT2D eigenvalue weighted by Crippen LogP contribution is 2.27. The van der Waals surface area contributed by atoms with E-state index in [0.29, 0.717) is 12.4 Å². The number of hydrogen-bond acceptors (Lipinski definition) is 5. The summed E-state index contributed by atoms with van der Waals surface area (Å²) in [7, 11) is -2.76. The molecule has 0 aromatic heterocycles. The van der Waals surface area contributed by atoms with E-state index in [9.17, 15) is 22.4 Å². The van der Waals surface area contributed by atoms with Crippen LogP contribution in [0, 0.1) is 12.7 Å². The number of aryl methyl sites for hydroxylation is 1. The summed E-state index contributed by atoms with van der Waals surface area (Å²) < 4.78 is 48.5. The van der Waals surface area contributed by atoms with E-state index in [2.05, 4.69) is 5.32 Å². The van der Waals surface area contributed by atoms with Gasteiger partial charge in [0, 0.05) is 19.2 Å². The minimum Gasteiger partial charge on any atom is -0.494 e. The van der Waals surface area contributed by atoms with Crippen molar-refractivity contribution in [2.75, 3.05) is 24.5 Å².